The molecule has 10 rings (SSSR count). The average Bonchev–Trinajstić information content (AvgIpc) is 3.55. The van der Waals surface area contributed by atoms with Crippen LogP contribution >= 0.6 is 0 Å². The summed E-state index contributed by atoms with van der Waals surface area (Å²) in [4.78, 5) is 20.0. The highest BCUT2D eigenvalue weighted by Gasteiger charge is 2.46. The maximum absolute atomic E-state index is 5.19. The van der Waals surface area contributed by atoms with Crippen LogP contribution in [0.4, 0.5) is 0 Å². The van der Waals surface area contributed by atoms with Crippen molar-refractivity contribution in [1.82, 2.24) is 19.9 Å². The van der Waals surface area contributed by atoms with Gasteiger partial charge in [0.1, 0.15) is 0 Å². The van der Waals surface area contributed by atoms with Crippen LogP contribution in [-0.2, 0) is 5.41 Å². The van der Waals surface area contributed by atoms with Gasteiger partial charge in [-0.25, -0.2) is 15.0 Å². The van der Waals surface area contributed by atoms with Gasteiger partial charge in [-0.15, -0.1) is 0 Å². The lowest BCUT2D eigenvalue weighted by atomic mass is 9.67. The van der Waals surface area contributed by atoms with E-state index in [0.29, 0.717) is 17.5 Å². The molecule has 9 aromatic rings. The standard InChI is InChI=1S/C49H32N4/c1-4-14-35(15-5-1)46-51-47(36-27-25-33(26-28-36)40-23-12-16-34-17-13-31-50-45(34)40)53-48(52-46)37-29-30-42-41-22-10-11-24-43(41)49(44(42)32-37,38-18-6-2-7-19-38)39-20-8-3-9-21-39/h1-32H. The predicted octanol–water partition coefficient (Wildman–Crippen LogP) is 11.5. The van der Waals surface area contributed by atoms with E-state index in [1.54, 1.807) is 0 Å². The van der Waals surface area contributed by atoms with Crippen LogP contribution in [0.15, 0.2) is 194 Å². The largest absolute Gasteiger partial charge is 0.256 e. The number of hydrogen-bond acceptors (Lipinski definition) is 4. The second-order valence-electron chi connectivity index (χ2n) is 13.4. The van der Waals surface area contributed by atoms with Gasteiger partial charge in [0.15, 0.2) is 17.5 Å². The summed E-state index contributed by atoms with van der Waals surface area (Å²) in [6.45, 7) is 0. The van der Waals surface area contributed by atoms with Crippen LogP contribution in [0.2, 0.25) is 0 Å². The van der Waals surface area contributed by atoms with Gasteiger partial charge in [-0.1, -0.05) is 176 Å². The van der Waals surface area contributed by atoms with Crippen LogP contribution < -0.4 is 0 Å². The van der Waals surface area contributed by atoms with Crippen molar-refractivity contribution in [2.75, 3.05) is 0 Å². The minimum absolute atomic E-state index is 0.519. The second kappa shape index (κ2) is 12.6. The molecule has 7 aromatic carbocycles. The number of rotatable bonds is 6. The fraction of sp³-hybridized carbons (Fsp3) is 0.0204. The molecule has 53 heavy (non-hydrogen) atoms. The van der Waals surface area contributed by atoms with Crippen molar-refractivity contribution in [2.24, 2.45) is 0 Å². The van der Waals surface area contributed by atoms with Gasteiger partial charge in [0.2, 0.25) is 0 Å². The molecule has 0 radical (unpaired) electrons. The Morgan fingerprint density at radius 3 is 1.55 bits per heavy atom. The van der Waals surface area contributed by atoms with Gasteiger partial charge >= 0.3 is 0 Å². The van der Waals surface area contributed by atoms with E-state index < -0.39 is 5.41 Å². The summed E-state index contributed by atoms with van der Waals surface area (Å²) in [5.74, 6) is 1.89. The minimum Gasteiger partial charge on any atom is -0.256 e. The zero-order valence-electron chi connectivity index (χ0n) is 28.8. The zero-order valence-corrected chi connectivity index (χ0v) is 28.8. The predicted molar refractivity (Wildman–Crippen MR) is 214 cm³/mol. The first-order valence-electron chi connectivity index (χ1n) is 17.9. The van der Waals surface area contributed by atoms with Gasteiger partial charge in [-0.3, -0.25) is 4.98 Å². The molecule has 4 nitrogen and oxygen atoms in total. The van der Waals surface area contributed by atoms with Gasteiger partial charge in [0.25, 0.3) is 0 Å². The molecule has 0 unspecified atom stereocenters. The summed E-state index contributed by atoms with van der Waals surface area (Å²) >= 11 is 0. The first kappa shape index (κ1) is 30.8. The van der Waals surface area contributed by atoms with E-state index in [1.807, 2.05) is 30.5 Å². The molecule has 2 aromatic heterocycles. The first-order chi connectivity index (χ1) is 26.3. The Balaban J connectivity index is 1.16. The molecule has 0 N–H and O–H groups in total. The number of hydrogen-bond donors (Lipinski definition) is 0. The van der Waals surface area contributed by atoms with Crippen molar-refractivity contribution >= 4 is 10.9 Å². The molecule has 0 bridgehead atoms. The molecule has 248 valence electrons. The molecule has 0 amide bonds. The van der Waals surface area contributed by atoms with E-state index in [2.05, 4.69) is 169 Å². The number of para-hydroxylation sites is 1. The van der Waals surface area contributed by atoms with E-state index in [-0.39, 0.29) is 0 Å². The third kappa shape index (κ3) is 5.07. The highest BCUT2D eigenvalue weighted by atomic mass is 15.0. The third-order valence-corrected chi connectivity index (χ3v) is 10.5. The number of aromatic nitrogens is 4. The number of fused-ring (bicyclic) bond motifs is 4. The molecule has 4 heteroatoms. The summed E-state index contributed by atoms with van der Waals surface area (Å²) in [6.07, 6.45) is 1.85. The Hall–Kier alpha value is -7.04. The fourth-order valence-electron chi connectivity index (χ4n) is 8.07. The van der Waals surface area contributed by atoms with Crippen molar-refractivity contribution in [1.29, 1.82) is 0 Å². The molecule has 0 spiro atoms. The normalized spacial score (nSPS) is 12.7. The van der Waals surface area contributed by atoms with Gasteiger partial charge in [0.05, 0.1) is 10.9 Å². The Bertz CT molecular complexity index is 2720. The average molecular weight is 677 g/mol. The highest BCUT2D eigenvalue weighted by molar-refractivity contribution is 5.94. The van der Waals surface area contributed by atoms with Gasteiger partial charge in [-0.05, 0) is 51.1 Å². The van der Waals surface area contributed by atoms with Crippen LogP contribution in [-0.4, -0.2) is 19.9 Å². The van der Waals surface area contributed by atoms with Crippen molar-refractivity contribution in [3.8, 4) is 56.4 Å². The number of nitrogens with zero attached hydrogens (tertiary/aromatic N) is 4. The van der Waals surface area contributed by atoms with E-state index >= 15 is 0 Å². The van der Waals surface area contributed by atoms with Gasteiger partial charge < -0.3 is 0 Å². The molecule has 1 aliphatic carbocycles. The lowest BCUT2D eigenvalue weighted by Crippen LogP contribution is -2.28. The quantitative estimate of drug-likeness (QED) is 0.176. The molecule has 2 heterocycles. The van der Waals surface area contributed by atoms with Gasteiger partial charge in [-0.2, -0.15) is 0 Å². The van der Waals surface area contributed by atoms with Crippen molar-refractivity contribution < 1.29 is 0 Å². The summed E-state index contributed by atoms with van der Waals surface area (Å²) < 4.78 is 0. The van der Waals surface area contributed by atoms with Gasteiger partial charge in [0, 0.05) is 33.8 Å². The summed E-state index contributed by atoms with van der Waals surface area (Å²) in [5, 5.41) is 1.12. The molecule has 0 atom stereocenters. The van der Waals surface area contributed by atoms with E-state index in [0.717, 1.165) is 38.7 Å². The first-order valence-corrected chi connectivity index (χ1v) is 17.9. The maximum atomic E-state index is 5.19. The summed E-state index contributed by atoms with van der Waals surface area (Å²) in [5.41, 5.74) is 12.8. The van der Waals surface area contributed by atoms with Crippen LogP contribution in [0.5, 0.6) is 0 Å². The molecule has 1 aliphatic rings. The topological polar surface area (TPSA) is 51.6 Å². The SMILES string of the molecule is c1ccc(-c2nc(-c3ccc(-c4cccc5cccnc45)cc3)nc(-c3ccc4c(c3)C(c3ccccc3)(c3ccccc3)c3ccccc3-4)n2)cc1. The Morgan fingerprint density at radius 2 is 0.849 bits per heavy atom. The smallest absolute Gasteiger partial charge is 0.164 e. The number of benzene rings is 7. The van der Waals surface area contributed by atoms with Crippen LogP contribution in [0.25, 0.3) is 67.3 Å². The lowest BCUT2D eigenvalue weighted by molar-refractivity contribution is 0.768. The van der Waals surface area contributed by atoms with Crippen LogP contribution in [0.3, 0.4) is 0 Å². The molecular weight excluding hydrogens is 645 g/mol. The Morgan fingerprint density at radius 1 is 0.340 bits per heavy atom. The van der Waals surface area contributed by atoms with Crippen molar-refractivity contribution in [3.63, 3.8) is 0 Å². The van der Waals surface area contributed by atoms with E-state index in [9.17, 15) is 0 Å². The molecule has 0 aliphatic heterocycles. The maximum Gasteiger partial charge on any atom is 0.164 e. The highest BCUT2D eigenvalue weighted by Crippen LogP contribution is 2.56. The third-order valence-electron chi connectivity index (χ3n) is 10.5. The molecule has 0 fully saturated rings. The van der Waals surface area contributed by atoms with E-state index in [1.165, 1.54) is 33.4 Å². The molecular formula is C49H32N4. The summed E-state index contributed by atoms with van der Waals surface area (Å²) in [6, 6.07) is 66.2. The van der Waals surface area contributed by atoms with Crippen LogP contribution in [0, 0.1) is 0 Å². The molecule has 0 saturated carbocycles. The Kier molecular flexibility index (Phi) is 7.33. The van der Waals surface area contributed by atoms with E-state index in [4.69, 9.17) is 15.0 Å². The Labute approximate surface area is 308 Å². The molecule has 0 saturated heterocycles. The summed E-state index contributed by atoms with van der Waals surface area (Å²) in [7, 11) is 0. The van der Waals surface area contributed by atoms with Crippen molar-refractivity contribution in [2.45, 2.75) is 5.41 Å². The van der Waals surface area contributed by atoms with Crippen LogP contribution in [0.1, 0.15) is 22.3 Å². The minimum atomic E-state index is -0.519. The van der Waals surface area contributed by atoms with Crippen molar-refractivity contribution in [3.05, 3.63) is 217 Å². The lowest BCUT2D eigenvalue weighted by Gasteiger charge is -2.34. The monoisotopic (exact) mass is 676 g/mol. The zero-order chi connectivity index (χ0) is 35.2. The second-order valence-corrected chi connectivity index (χ2v) is 13.4. The fourth-order valence-corrected chi connectivity index (χ4v) is 8.07. The number of pyridine rings is 1.